The minimum absolute atomic E-state index is 0.314. The number of halogens is 1. The van der Waals surface area contributed by atoms with Crippen LogP contribution in [0.2, 0.25) is 0 Å². The largest absolute Gasteiger partial charge is 0.311 e. The van der Waals surface area contributed by atoms with Crippen LogP contribution in [0.25, 0.3) is 0 Å². The molecule has 0 spiro atoms. The Kier molecular flexibility index (Phi) is 2.35. The molecule has 0 aliphatic carbocycles. The quantitative estimate of drug-likeness (QED) is 0.672. The summed E-state index contributed by atoms with van der Waals surface area (Å²) in [5.74, 6) is 0.314. The average Bonchev–Trinajstić information content (AvgIpc) is 2.43. The molecule has 2 heteroatoms. The van der Waals surface area contributed by atoms with E-state index in [-0.39, 0.29) is 0 Å². The zero-order valence-electron chi connectivity index (χ0n) is 7.72. The van der Waals surface area contributed by atoms with Gasteiger partial charge in [0.25, 0.3) is 0 Å². The highest BCUT2D eigenvalue weighted by atomic mass is 19.1. The highest BCUT2D eigenvalue weighted by molar-refractivity contribution is 4.97. The molecular weight excluding hydrogens is 153 g/mol. The highest BCUT2D eigenvalue weighted by Crippen LogP contribution is 2.35. The van der Waals surface area contributed by atoms with E-state index in [1.54, 1.807) is 0 Å². The smallest absolute Gasteiger partial charge is 0.106 e. The fourth-order valence-corrected chi connectivity index (χ4v) is 2.79. The van der Waals surface area contributed by atoms with Crippen molar-refractivity contribution in [3.8, 4) is 0 Å². The van der Waals surface area contributed by atoms with Crippen molar-refractivity contribution in [3.05, 3.63) is 0 Å². The maximum Gasteiger partial charge on any atom is 0.106 e. The molecule has 4 atom stereocenters. The van der Waals surface area contributed by atoms with E-state index in [1.807, 2.05) is 0 Å². The van der Waals surface area contributed by atoms with Crippen LogP contribution in [0.1, 0.15) is 39.0 Å². The predicted octanol–water partition coefficient (Wildman–Crippen LogP) is 2.27. The number of fused-ring (bicyclic) bond motifs is 2. The lowest BCUT2D eigenvalue weighted by molar-refractivity contribution is 0.128. The van der Waals surface area contributed by atoms with Crippen molar-refractivity contribution in [2.45, 2.75) is 57.3 Å². The van der Waals surface area contributed by atoms with E-state index in [9.17, 15) is 4.39 Å². The zero-order valence-corrected chi connectivity index (χ0v) is 7.72. The number of nitrogens with one attached hydrogen (secondary N) is 1. The molecule has 0 aromatic heterocycles. The van der Waals surface area contributed by atoms with E-state index in [0.717, 1.165) is 19.3 Å². The maximum absolute atomic E-state index is 13.5. The standard InChI is InChI=1S/C10H18FN/c1-2-3-8-9(11)6-7-4-5-10(8)12-7/h7-10,12H,2-6H2,1H3. The molecule has 2 aliphatic heterocycles. The van der Waals surface area contributed by atoms with Gasteiger partial charge in [-0.3, -0.25) is 0 Å². The molecule has 2 rings (SSSR count). The second-order valence-electron chi connectivity index (χ2n) is 4.25. The number of piperidine rings is 1. The Morgan fingerprint density at radius 1 is 1.42 bits per heavy atom. The minimum Gasteiger partial charge on any atom is -0.311 e. The van der Waals surface area contributed by atoms with Crippen LogP contribution < -0.4 is 5.32 Å². The fraction of sp³-hybridized carbons (Fsp3) is 1.00. The summed E-state index contributed by atoms with van der Waals surface area (Å²) in [4.78, 5) is 0. The van der Waals surface area contributed by atoms with Gasteiger partial charge in [-0.2, -0.15) is 0 Å². The van der Waals surface area contributed by atoms with Crippen molar-refractivity contribution < 1.29 is 4.39 Å². The Labute approximate surface area is 73.7 Å². The number of alkyl halides is 1. The summed E-state index contributed by atoms with van der Waals surface area (Å²) >= 11 is 0. The molecule has 4 unspecified atom stereocenters. The molecule has 0 amide bonds. The van der Waals surface area contributed by atoms with Crippen LogP contribution in [0, 0.1) is 5.92 Å². The molecule has 2 aliphatic rings. The Morgan fingerprint density at radius 3 is 3.00 bits per heavy atom. The lowest BCUT2D eigenvalue weighted by Crippen LogP contribution is -2.46. The predicted molar refractivity (Wildman–Crippen MR) is 47.9 cm³/mol. The van der Waals surface area contributed by atoms with Crippen molar-refractivity contribution in [1.29, 1.82) is 0 Å². The topological polar surface area (TPSA) is 12.0 Å². The molecule has 2 fully saturated rings. The van der Waals surface area contributed by atoms with Gasteiger partial charge in [-0.15, -0.1) is 0 Å². The normalized spacial score (nSPS) is 46.5. The van der Waals surface area contributed by atoms with Crippen LogP contribution in [-0.4, -0.2) is 18.3 Å². The van der Waals surface area contributed by atoms with Crippen LogP contribution >= 0.6 is 0 Å². The molecule has 1 N–H and O–H groups in total. The second-order valence-corrected chi connectivity index (χ2v) is 4.25. The summed E-state index contributed by atoms with van der Waals surface area (Å²) in [5, 5.41) is 3.52. The third-order valence-corrected chi connectivity index (χ3v) is 3.39. The molecule has 1 nitrogen and oxygen atoms in total. The van der Waals surface area contributed by atoms with Gasteiger partial charge in [0.15, 0.2) is 0 Å². The molecule has 0 aromatic rings. The summed E-state index contributed by atoms with van der Waals surface area (Å²) in [6.45, 7) is 2.15. The van der Waals surface area contributed by atoms with Crippen LogP contribution in [0.5, 0.6) is 0 Å². The van der Waals surface area contributed by atoms with Gasteiger partial charge < -0.3 is 5.32 Å². The van der Waals surface area contributed by atoms with Crippen molar-refractivity contribution in [2.24, 2.45) is 5.92 Å². The second kappa shape index (κ2) is 3.33. The lowest BCUT2D eigenvalue weighted by atomic mass is 9.87. The zero-order chi connectivity index (χ0) is 8.55. The van der Waals surface area contributed by atoms with Crippen molar-refractivity contribution in [1.82, 2.24) is 5.32 Å². The molecule has 0 saturated carbocycles. The first kappa shape index (κ1) is 8.49. The monoisotopic (exact) mass is 171 g/mol. The van der Waals surface area contributed by atoms with E-state index in [4.69, 9.17) is 0 Å². The van der Waals surface area contributed by atoms with Gasteiger partial charge >= 0.3 is 0 Å². The number of hydrogen-bond donors (Lipinski definition) is 1. The molecule has 0 radical (unpaired) electrons. The first-order chi connectivity index (χ1) is 5.81. The summed E-state index contributed by atoms with van der Waals surface area (Å²) in [5.41, 5.74) is 0. The van der Waals surface area contributed by atoms with Gasteiger partial charge in [0.2, 0.25) is 0 Å². The van der Waals surface area contributed by atoms with Crippen molar-refractivity contribution >= 4 is 0 Å². The van der Waals surface area contributed by atoms with Gasteiger partial charge in [0.1, 0.15) is 6.17 Å². The summed E-state index contributed by atoms with van der Waals surface area (Å²) in [6, 6.07) is 0.997. The lowest BCUT2D eigenvalue weighted by Gasteiger charge is -2.33. The van der Waals surface area contributed by atoms with Crippen LogP contribution in [0.4, 0.5) is 4.39 Å². The molecule has 70 valence electrons. The Morgan fingerprint density at radius 2 is 2.25 bits per heavy atom. The highest BCUT2D eigenvalue weighted by Gasteiger charge is 2.40. The molecule has 0 aromatic carbocycles. The van der Waals surface area contributed by atoms with Crippen molar-refractivity contribution in [2.75, 3.05) is 0 Å². The third-order valence-electron chi connectivity index (χ3n) is 3.39. The molecule has 12 heavy (non-hydrogen) atoms. The van der Waals surface area contributed by atoms with Gasteiger partial charge in [0, 0.05) is 18.0 Å². The van der Waals surface area contributed by atoms with Crippen molar-refractivity contribution in [3.63, 3.8) is 0 Å². The molecule has 2 bridgehead atoms. The molecule has 2 heterocycles. The van der Waals surface area contributed by atoms with Crippen LogP contribution in [0.3, 0.4) is 0 Å². The van der Waals surface area contributed by atoms with E-state index < -0.39 is 6.17 Å². The first-order valence-electron chi connectivity index (χ1n) is 5.21. The third kappa shape index (κ3) is 1.37. The van der Waals surface area contributed by atoms with Gasteiger partial charge in [-0.1, -0.05) is 13.3 Å². The van der Waals surface area contributed by atoms with Gasteiger partial charge in [0.05, 0.1) is 0 Å². The Bertz CT molecular complexity index is 160. The number of rotatable bonds is 2. The fourth-order valence-electron chi connectivity index (χ4n) is 2.79. The number of hydrogen-bond acceptors (Lipinski definition) is 1. The first-order valence-corrected chi connectivity index (χ1v) is 5.21. The maximum atomic E-state index is 13.5. The van der Waals surface area contributed by atoms with Crippen LogP contribution in [0.15, 0.2) is 0 Å². The van der Waals surface area contributed by atoms with E-state index in [0.29, 0.717) is 18.0 Å². The summed E-state index contributed by atoms with van der Waals surface area (Å²) < 4.78 is 13.5. The van der Waals surface area contributed by atoms with E-state index in [2.05, 4.69) is 12.2 Å². The molecule has 2 saturated heterocycles. The van der Waals surface area contributed by atoms with Crippen LogP contribution in [-0.2, 0) is 0 Å². The Hall–Kier alpha value is -0.110. The average molecular weight is 171 g/mol. The minimum atomic E-state index is -0.524. The molecular formula is C10H18FN. The van der Waals surface area contributed by atoms with E-state index in [1.165, 1.54) is 12.8 Å². The van der Waals surface area contributed by atoms with E-state index >= 15 is 0 Å². The Balaban J connectivity index is 2.00. The van der Waals surface area contributed by atoms with Gasteiger partial charge in [-0.25, -0.2) is 4.39 Å². The summed E-state index contributed by atoms with van der Waals surface area (Å²) in [6.07, 6.45) is 4.82. The van der Waals surface area contributed by atoms with Gasteiger partial charge in [-0.05, 0) is 25.7 Å². The summed E-state index contributed by atoms with van der Waals surface area (Å²) in [7, 11) is 0. The SMILES string of the molecule is CCCC1C(F)CC2CCC1N2.